The van der Waals surface area contributed by atoms with Gasteiger partial charge in [-0.2, -0.15) is 0 Å². The molecule has 0 spiro atoms. The molecule has 0 aromatic heterocycles. The Hall–Kier alpha value is -0.950. The maximum Gasteiger partial charge on any atom is 0.332 e. The largest absolute Gasteiger partial charge is 0.435 e. The van der Waals surface area contributed by atoms with Gasteiger partial charge in [0.25, 0.3) is 0 Å². The lowest BCUT2D eigenvalue weighted by Gasteiger charge is -2.21. The van der Waals surface area contributed by atoms with Gasteiger partial charge in [-0.1, -0.05) is 78.2 Å². The third-order valence-electron chi connectivity index (χ3n) is 5.13. The van der Waals surface area contributed by atoms with Crippen molar-refractivity contribution in [2.75, 3.05) is 0 Å². The van der Waals surface area contributed by atoms with Crippen LogP contribution in [-0.2, 0) is 9.53 Å². The summed E-state index contributed by atoms with van der Waals surface area (Å²) in [5.74, 6) is -1.76. The fourth-order valence-electron chi connectivity index (χ4n) is 3.22. The van der Waals surface area contributed by atoms with Crippen molar-refractivity contribution in [2.45, 2.75) is 105 Å². The Balaban J connectivity index is 3.92. The average Bonchev–Trinajstić information content (AvgIpc) is 2.53. The first-order valence-electron chi connectivity index (χ1n) is 10.7. The maximum atomic E-state index is 11.6. The number of hydrogen-bond acceptors (Lipinski definition) is 6. The number of nitrogens with two attached hydrogens (primary N) is 1. The Morgan fingerprint density at radius 3 is 1.86 bits per heavy atom. The van der Waals surface area contributed by atoms with Crippen LogP contribution < -0.4 is 5.73 Å². The molecule has 6 nitrogen and oxygen atoms in total. The van der Waals surface area contributed by atoms with Crippen LogP contribution in [0.4, 0.5) is 0 Å². The molecule has 0 radical (unpaired) electrons. The van der Waals surface area contributed by atoms with Crippen molar-refractivity contribution < 1.29 is 24.9 Å². The summed E-state index contributed by atoms with van der Waals surface area (Å²) >= 11 is 0. The molecule has 166 valence electrons. The Morgan fingerprint density at radius 2 is 1.39 bits per heavy atom. The molecular formula is C22H43NO5. The van der Waals surface area contributed by atoms with Crippen molar-refractivity contribution in [1.82, 2.24) is 0 Å². The molecule has 0 heterocycles. The average molecular weight is 402 g/mol. The highest BCUT2D eigenvalue weighted by Gasteiger charge is 2.31. The molecule has 0 aliphatic heterocycles. The predicted molar refractivity (Wildman–Crippen MR) is 112 cm³/mol. The second-order valence-corrected chi connectivity index (χ2v) is 8.89. The quantitative estimate of drug-likeness (QED) is 0.188. The zero-order valence-electron chi connectivity index (χ0n) is 18.5. The molecule has 0 aromatic carbocycles. The van der Waals surface area contributed by atoms with E-state index in [1.807, 2.05) is 6.92 Å². The summed E-state index contributed by atoms with van der Waals surface area (Å²) in [6, 6.07) is 0. The van der Waals surface area contributed by atoms with Crippen LogP contribution in [0.15, 0.2) is 11.6 Å². The van der Waals surface area contributed by atoms with Gasteiger partial charge in [-0.3, -0.25) is 5.73 Å². The highest BCUT2D eigenvalue weighted by atomic mass is 16.7. The maximum absolute atomic E-state index is 11.6. The summed E-state index contributed by atoms with van der Waals surface area (Å²) in [5, 5.41) is 26.5. The fourth-order valence-corrected chi connectivity index (χ4v) is 3.22. The lowest BCUT2D eigenvalue weighted by molar-refractivity contribution is -0.354. The van der Waals surface area contributed by atoms with Crippen LogP contribution in [0, 0.1) is 17.8 Å². The molecule has 0 rings (SSSR count). The Bertz CT molecular complexity index is 456. The fraction of sp³-hybridized carbons (Fsp3) is 0.864. The van der Waals surface area contributed by atoms with E-state index in [-0.39, 0.29) is 0 Å². The van der Waals surface area contributed by atoms with E-state index in [1.165, 1.54) is 44.6 Å². The second kappa shape index (κ2) is 14.1. The van der Waals surface area contributed by atoms with Crippen molar-refractivity contribution in [1.29, 1.82) is 0 Å². The number of carbonyl (C=O) groups is 1. The molecule has 0 aliphatic carbocycles. The molecule has 6 heteroatoms. The lowest BCUT2D eigenvalue weighted by atomic mass is 9.91. The van der Waals surface area contributed by atoms with E-state index in [0.717, 1.165) is 36.7 Å². The van der Waals surface area contributed by atoms with Crippen molar-refractivity contribution >= 4 is 5.97 Å². The van der Waals surface area contributed by atoms with E-state index in [2.05, 4.69) is 32.4 Å². The number of carbonyl (C=O) groups excluding carboxylic acids is 1. The first-order valence-corrected chi connectivity index (χ1v) is 10.7. The number of ether oxygens (including phenoxy) is 1. The van der Waals surface area contributed by atoms with Gasteiger partial charge < -0.3 is 20.1 Å². The Labute approximate surface area is 171 Å². The molecule has 5 N–H and O–H groups in total. The number of rotatable bonds is 15. The third kappa shape index (κ3) is 15.0. The summed E-state index contributed by atoms with van der Waals surface area (Å²) < 4.78 is 4.54. The normalized spacial score (nSPS) is 16.1. The van der Waals surface area contributed by atoms with Gasteiger partial charge in [0.2, 0.25) is 6.23 Å². The molecule has 0 aromatic rings. The van der Waals surface area contributed by atoms with Gasteiger partial charge in [0.15, 0.2) is 0 Å². The van der Waals surface area contributed by atoms with Crippen LogP contribution in [0.3, 0.4) is 0 Å². The van der Waals surface area contributed by atoms with Crippen LogP contribution in [0.5, 0.6) is 0 Å². The van der Waals surface area contributed by atoms with Gasteiger partial charge in [0.05, 0.1) is 0 Å². The van der Waals surface area contributed by atoms with E-state index < -0.39 is 18.2 Å². The molecule has 0 bridgehead atoms. The molecule has 0 amide bonds. The molecule has 0 saturated carbocycles. The van der Waals surface area contributed by atoms with Crippen molar-refractivity contribution in [3.8, 4) is 0 Å². The smallest absolute Gasteiger partial charge is 0.332 e. The lowest BCUT2D eigenvalue weighted by Crippen LogP contribution is -2.50. The van der Waals surface area contributed by atoms with E-state index in [4.69, 9.17) is 21.1 Å². The monoisotopic (exact) mass is 401 g/mol. The molecule has 0 aliphatic rings. The van der Waals surface area contributed by atoms with Gasteiger partial charge in [-0.25, -0.2) is 4.79 Å². The van der Waals surface area contributed by atoms with Crippen molar-refractivity contribution in [3.05, 3.63) is 11.6 Å². The van der Waals surface area contributed by atoms with E-state index in [9.17, 15) is 4.79 Å². The van der Waals surface area contributed by atoms with E-state index in [1.54, 1.807) is 0 Å². The summed E-state index contributed by atoms with van der Waals surface area (Å²) in [6.07, 6.45) is 10.0. The predicted octanol–water partition coefficient (Wildman–Crippen LogP) is 3.83. The third-order valence-corrected chi connectivity index (χ3v) is 5.13. The molecule has 28 heavy (non-hydrogen) atoms. The minimum absolute atomic E-state index is 0.662. The molecular weight excluding hydrogens is 358 g/mol. The van der Waals surface area contributed by atoms with E-state index in [0.29, 0.717) is 5.92 Å². The first kappa shape index (κ1) is 27.0. The first-order chi connectivity index (χ1) is 12.9. The highest BCUT2D eigenvalue weighted by molar-refractivity contribution is 5.82. The molecule has 3 atom stereocenters. The Morgan fingerprint density at radius 1 is 0.929 bits per heavy atom. The van der Waals surface area contributed by atoms with E-state index >= 15 is 0 Å². The van der Waals surface area contributed by atoms with Crippen LogP contribution in [-0.4, -0.2) is 33.5 Å². The zero-order chi connectivity index (χ0) is 21.7. The van der Waals surface area contributed by atoms with Crippen LogP contribution >= 0.6 is 0 Å². The van der Waals surface area contributed by atoms with Gasteiger partial charge in [0.1, 0.15) is 0 Å². The topological polar surface area (TPSA) is 113 Å². The number of aliphatic hydroxyl groups is 3. The number of esters is 1. The SMILES string of the molecule is C/C(=C\C(=O)OC(N)C(O)(O)O)CCC[C@H](C)CCC[C@H](C)CCCC(C)C. The molecule has 1 unspecified atom stereocenters. The minimum Gasteiger partial charge on any atom is -0.435 e. The standard InChI is InChI=1S/C22H43NO5/c1-16(2)9-6-10-17(3)11-7-12-18(4)13-8-14-19(5)15-20(24)28-21(23)22(25,26)27/h15-18,21,25-27H,6-14,23H2,1-5H3/b19-15+/t17-,18-,21?/m1/s1. The number of hydrogen-bond donors (Lipinski definition) is 4. The van der Waals surface area contributed by atoms with Crippen LogP contribution in [0.1, 0.15) is 92.4 Å². The van der Waals surface area contributed by atoms with Crippen LogP contribution in [0.2, 0.25) is 0 Å². The molecule has 0 saturated heterocycles. The summed E-state index contributed by atoms with van der Waals surface area (Å²) in [6.45, 7) is 11.0. The van der Waals surface area contributed by atoms with Gasteiger partial charge in [0, 0.05) is 6.08 Å². The van der Waals surface area contributed by atoms with Gasteiger partial charge in [-0.15, -0.1) is 0 Å². The van der Waals surface area contributed by atoms with Gasteiger partial charge >= 0.3 is 11.9 Å². The van der Waals surface area contributed by atoms with Crippen LogP contribution in [0.25, 0.3) is 0 Å². The Kier molecular flexibility index (Phi) is 13.6. The highest BCUT2D eigenvalue weighted by Crippen LogP contribution is 2.22. The minimum atomic E-state index is -3.24. The molecule has 0 fully saturated rings. The second-order valence-electron chi connectivity index (χ2n) is 8.89. The number of allylic oxidation sites excluding steroid dienone is 1. The van der Waals surface area contributed by atoms with Gasteiger partial charge in [-0.05, 0) is 37.5 Å². The summed E-state index contributed by atoms with van der Waals surface area (Å²) in [7, 11) is 0. The van der Waals surface area contributed by atoms with Crippen molar-refractivity contribution in [3.63, 3.8) is 0 Å². The summed E-state index contributed by atoms with van der Waals surface area (Å²) in [4.78, 5) is 11.6. The van der Waals surface area contributed by atoms with Crippen molar-refractivity contribution in [2.24, 2.45) is 23.5 Å². The zero-order valence-corrected chi connectivity index (χ0v) is 18.5. The summed E-state index contributed by atoms with van der Waals surface area (Å²) in [5.41, 5.74) is 5.99.